The standard InChI is InChI=1S/C28H30FN5O3/c1-37-24-10-6-20(7-11-24)25-12-13-26(31-30-25)32-14-3-15-33(17-16-32)27(35)19-34(23-8-9-23)28(36)21-4-2-5-22(29)18-21/h2,4-7,10-13,18,23H,3,8-9,14-17,19H2,1H3. The van der Waals surface area contributed by atoms with Crippen molar-refractivity contribution >= 4 is 17.6 Å². The number of anilines is 1. The molecule has 0 spiro atoms. The summed E-state index contributed by atoms with van der Waals surface area (Å²) < 4.78 is 18.9. The minimum atomic E-state index is -0.458. The average molecular weight is 504 g/mol. The highest BCUT2D eigenvalue weighted by molar-refractivity contribution is 5.97. The molecule has 8 nitrogen and oxygen atoms in total. The minimum Gasteiger partial charge on any atom is -0.497 e. The van der Waals surface area contributed by atoms with E-state index < -0.39 is 5.82 Å². The molecule has 2 aromatic carbocycles. The van der Waals surface area contributed by atoms with Crippen molar-refractivity contribution in [1.29, 1.82) is 0 Å². The number of carbonyl (C=O) groups is 2. The predicted molar refractivity (Wildman–Crippen MR) is 138 cm³/mol. The van der Waals surface area contributed by atoms with Crippen LogP contribution in [0.5, 0.6) is 5.75 Å². The van der Waals surface area contributed by atoms with Crippen LogP contribution in [0.2, 0.25) is 0 Å². The van der Waals surface area contributed by atoms with Gasteiger partial charge in [0.1, 0.15) is 18.1 Å². The van der Waals surface area contributed by atoms with E-state index >= 15 is 0 Å². The number of halogens is 1. The molecule has 3 aromatic rings. The predicted octanol–water partition coefficient (Wildman–Crippen LogP) is 3.63. The van der Waals surface area contributed by atoms with E-state index in [2.05, 4.69) is 15.1 Å². The highest BCUT2D eigenvalue weighted by Gasteiger charge is 2.35. The van der Waals surface area contributed by atoms with Crippen LogP contribution in [-0.2, 0) is 4.79 Å². The Morgan fingerprint density at radius 2 is 1.81 bits per heavy atom. The van der Waals surface area contributed by atoms with Crippen LogP contribution < -0.4 is 9.64 Å². The van der Waals surface area contributed by atoms with Crippen molar-refractivity contribution in [2.75, 3.05) is 44.7 Å². The first-order valence-electron chi connectivity index (χ1n) is 12.6. The Labute approximate surface area is 215 Å². The maximum Gasteiger partial charge on any atom is 0.254 e. The molecule has 2 amide bonds. The van der Waals surface area contributed by atoms with E-state index in [0.29, 0.717) is 19.6 Å². The lowest BCUT2D eigenvalue weighted by molar-refractivity contribution is -0.131. The first kappa shape index (κ1) is 24.7. The minimum absolute atomic E-state index is 0.0103. The quantitative estimate of drug-likeness (QED) is 0.490. The largest absolute Gasteiger partial charge is 0.497 e. The van der Waals surface area contributed by atoms with Crippen LogP contribution in [0.15, 0.2) is 60.7 Å². The van der Waals surface area contributed by atoms with Crippen molar-refractivity contribution < 1.29 is 18.7 Å². The van der Waals surface area contributed by atoms with Crippen molar-refractivity contribution in [3.63, 3.8) is 0 Å². The van der Waals surface area contributed by atoms with E-state index in [4.69, 9.17) is 4.74 Å². The van der Waals surface area contributed by atoms with Crippen molar-refractivity contribution in [2.45, 2.75) is 25.3 Å². The molecule has 2 aliphatic rings. The van der Waals surface area contributed by atoms with Gasteiger partial charge in [-0.1, -0.05) is 6.07 Å². The van der Waals surface area contributed by atoms with Crippen molar-refractivity contribution in [1.82, 2.24) is 20.0 Å². The van der Waals surface area contributed by atoms with Crippen LogP contribution in [0.3, 0.4) is 0 Å². The van der Waals surface area contributed by atoms with Gasteiger partial charge in [-0.05, 0) is 73.9 Å². The molecule has 1 saturated heterocycles. The summed E-state index contributed by atoms with van der Waals surface area (Å²) in [6.45, 7) is 2.54. The average Bonchev–Trinajstić information content (AvgIpc) is 3.79. The van der Waals surface area contributed by atoms with E-state index in [1.165, 1.54) is 18.2 Å². The Bertz CT molecular complexity index is 1250. The van der Waals surface area contributed by atoms with Gasteiger partial charge in [0.05, 0.1) is 12.8 Å². The number of hydrogen-bond acceptors (Lipinski definition) is 6. The van der Waals surface area contributed by atoms with Crippen molar-refractivity contribution in [3.8, 4) is 17.0 Å². The number of ether oxygens (including phenoxy) is 1. The second kappa shape index (κ2) is 10.9. The molecule has 0 unspecified atom stereocenters. The second-order valence-corrected chi connectivity index (χ2v) is 9.40. The zero-order valence-electron chi connectivity index (χ0n) is 20.8. The first-order chi connectivity index (χ1) is 18.0. The molecule has 0 bridgehead atoms. The Balaban J connectivity index is 1.20. The van der Waals surface area contributed by atoms with E-state index in [-0.39, 0.29) is 30.0 Å². The molecule has 37 heavy (non-hydrogen) atoms. The number of aromatic nitrogens is 2. The molecular formula is C28H30FN5O3. The van der Waals surface area contributed by atoms with Crippen LogP contribution in [0.4, 0.5) is 10.2 Å². The summed E-state index contributed by atoms with van der Waals surface area (Å²) in [6.07, 6.45) is 2.52. The molecule has 1 aliphatic heterocycles. The van der Waals surface area contributed by atoms with Gasteiger partial charge in [0.2, 0.25) is 5.91 Å². The highest BCUT2D eigenvalue weighted by atomic mass is 19.1. The number of methoxy groups -OCH3 is 1. The topological polar surface area (TPSA) is 78.9 Å². The lowest BCUT2D eigenvalue weighted by Gasteiger charge is -2.27. The zero-order valence-corrected chi connectivity index (χ0v) is 20.8. The van der Waals surface area contributed by atoms with E-state index in [9.17, 15) is 14.0 Å². The Hall–Kier alpha value is -4.01. The Kier molecular flexibility index (Phi) is 7.30. The zero-order chi connectivity index (χ0) is 25.8. The first-order valence-corrected chi connectivity index (χ1v) is 12.6. The number of nitrogens with zero attached hydrogens (tertiary/aromatic N) is 5. The molecule has 5 rings (SSSR count). The maximum absolute atomic E-state index is 13.7. The van der Waals surface area contributed by atoms with E-state index in [0.717, 1.165) is 48.6 Å². The summed E-state index contributed by atoms with van der Waals surface area (Å²) in [5.41, 5.74) is 2.01. The molecule has 1 aromatic heterocycles. The number of carbonyl (C=O) groups excluding carboxylic acids is 2. The van der Waals surface area contributed by atoms with Crippen LogP contribution >= 0.6 is 0 Å². The fourth-order valence-corrected chi connectivity index (χ4v) is 4.59. The third-order valence-corrected chi connectivity index (χ3v) is 6.83. The number of hydrogen-bond donors (Lipinski definition) is 0. The fourth-order valence-electron chi connectivity index (χ4n) is 4.59. The van der Waals surface area contributed by atoms with Crippen LogP contribution in [0.1, 0.15) is 29.6 Å². The summed E-state index contributed by atoms with van der Waals surface area (Å²) in [5, 5.41) is 8.83. The van der Waals surface area contributed by atoms with Gasteiger partial charge in [-0.3, -0.25) is 9.59 Å². The van der Waals surface area contributed by atoms with Crippen LogP contribution in [0.25, 0.3) is 11.3 Å². The number of amides is 2. The normalized spacial score (nSPS) is 15.7. The molecule has 1 aliphatic carbocycles. The molecule has 2 fully saturated rings. The molecular weight excluding hydrogens is 473 g/mol. The van der Waals surface area contributed by atoms with E-state index in [1.807, 2.05) is 41.3 Å². The van der Waals surface area contributed by atoms with Gasteiger partial charge in [0.25, 0.3) is 5.91 Å². The van der Waals surface area contributed by atoms with Crippen LogP contribution in [-0.4, -0.2) is 77.7 Å². The lowest BCUT2D eigenvalue weighted by atomic mass is 10.1. The molecule has 192 valence electrons. The number of benzene rings is 2. The molecule has 0 radical (unpaired) electrons. The SMILES string of the molecule is COc1ccc(-c2ccc(N3CCCN(C(=O)CN(C(=O)c4cccc(F)c4)C4CC4)CC3)nn2)cc1. The van der Waals surface area contributed by atoms with Gasteiger partial charge in [-0.25, -0.2) is 4.39 Å². The smallest absolute Gasteiger partial charge is 0.254 e. The third kappa shape index (κ3) is 5.87. The number of rotatable bonds is 7. The molecule has 1 saturated carbocycles. The monoisotopic (exact) mass is 503 g/mol. The molecule has 0 atom stereocenters. The van der Waals surface area contributed by atoms with Gasteiger partial charge in [0, 0.05) is 43.3 Å². The molecule has 0 N–H and O–H groups in total. The summed E-state index contributed by atoms with van der Waals surface area (Å²) >= 11 is 0. The lowest BCUT2D eigenvalue weighted by Crippen LogP contribution is -2.45. The summed E-state index contributed by atoms with van der Waals surface area (Å²) in [7, 11) is 1.63. The fraction of sp³-hybridized carbons (Fsp3) is 0.357. The highest BCUT2D eigenvalue weighted by Crippen LogP contribution is 2.29. The molecule has 2 heterocycles. The van der Waals surface area contributed by atoms with Crippen molar-refractivity contribution in [3.05, 3.63) is 72.0 Å². The molecule has 9 heteroatoms. The van der Waals surface area contributed by atoms with Gasteiger partial charge in [-0.15, -0.1) is 10.2 Å². The van der Waals surface area contributed by atoms with Gasteiger partial charge in [0.15, 0.2) is 5.82 Å². The summed E-state index contributed by atoms with van der Waals surface area (Å²) in [6, 6.07) is 17.3. The Morgan fingerprint density at radius 1 is 1.00 bits per heavy atom. The summed E-state index contributed by atoms with van der Waals surface area (Å²) in [4.78, 5) is 31.8. The maximum atomic E-state index is 13.7. The van der Waals surface area contributed by atoms with Crippen molar-refractivity contribution in [2.24, 2.45) is 0 Å². The van der Waals surface area contributed by atoms with Gasteiger partial charge in [-0.2, -0.15) is 0 Å². The second-order valence-electron chi connectivity index (χ2n) is 9.40. The Morgan fingerprint density at radius 3 is 2.49 bits per heavy atom. The van der Waals surface area contributed by atoms with E-state index in [1.54, 1.807) is 18.1 Å². The van der Waals surface area contributed by atoms with Gasteiger partial charge < -0.3 is 19.4 Å². The van der Waals surface area contributed by atoms with Crippen LogP contribution in [0, 0.1) is 5.82 Å². The van der Waals surface area contributed by atoms with Gasteiger partial charge >= 0.3 is 0 Å². The summed E-state index contributed by atoms with van der Waals surface area (Å²) in [5.74, 6) is 0.724. The third-order valence-electron chi connectivity index (χ3n) is 6.83.